The van der Waals surface area contributed by atoms with Crippen LogP contribution in [-0.4, -0.2) is 31.5 Å². The Morgan fingerprint density at radius 3 is 2.89 bits per heavy atom. The average Bonchev–Trinajstić information content (AvgIpc) is 3.20. The van der Waals surface area contributed by atoms with E-state index in [-0.39, 0.29) is 12.0 Å². The minimum Gasteiger partial charge on any atom is -0.395 e. The summed E-state index contributed by atoms with van der Waals surface area (Å²) in [4.78, 5) is 8.94. The van der Waals surface area contributed by atoms with E-state index in [1.54, 1.807) is 10.9 Å². The standard InChI is InChI=1S/C21H22N6O/c1-13-19(11-27(3)26-13)25-20-23-7-5-18(24-20)14-8-15(10-22)16-4-6-21(2,12-28)17(16)9-14/h5,7-9,11,28H,4,6,12H2,1-3H3,(H,23,24,25). The molecule has 2 aromatic heterocycles. The molecule has 0 aliphatic heterocycles. The molecule has 142 valence electrons. The SMILES string of the molecule is Cc1nn(C)cc1Nc1nccc(-c2cc(C#N)c3c(c2)C(C)(CO)CC3)n1. The van der Waals surface area contributed by atoms with Crippen LogP contribution >= 0.6 is 0 Å². The van der Waals surface area contributed by atoms with Crippen LogP contribution in [-0.2, 0) is 18.9 Å². The summed E-state index contributed by atoms with van der Waals surface area (Å²) in [7, 11) is 1.86. The zero-order chi connectivity index (χ0) is 19.9. The Bertz CT molecular complexity index is 1100. The van der Waals surface area contributed by atoms with Crippen LogP contribution in [0.25, 0.3) is 11.3 Å². The predicted molar refractivity (Wildman–Crippen MR) is 106 cm³/mol. The van der Waals surface area contributed by atoms with Crippen LogP contribution in [0.4, 0.5) is 11.6 Å². The van der Waals surface area contributed by atoms with Crippen molar-refractivity contribution in [2.24, 2.45) is 7.05 Å². The van der Waals surface area contributed by atoms with Crippen molar-refractivity contribution in [3.8, 4) is 17.3 Å². The van der Waals surface area contributed by atoms with Gasteiger partial charge in [-0.05, 0) is 49.1 Å². The lowest BCUT2D eigenvalue weighted by Gasteiger charge is -2.23. The number of hydrogen-bond acceptors (Lipinski definition) is 6. The van der Waals surface area contributed by atoms with Gasteiger partial charge in [-0.2, -0.15) is 10.4 Å². The number of nitrogens with zero attached hydrogens (tertiary/aromatic N) is 5. The number of fused-ring (bicyclic) bond motifs is 1. The molecule has 0 spiro atoms. The monoisotopic (exact) mass is 374 g/mol. The van der Waals surface area contributed by atoms with Crippen molar-refractivity contribution >= 4 is 11.6 Å². The van der Waals surface area contributed by atoms with Gasteiger partial charge in [0.15, 0.2) is 0 Å². The number of aliphatic hydroxyl groups excluding tert-OH is 1. The molecular weight excluding hydrogens is 352 g/mol. The van der Waals surface area contributed by atoms with Crippen LogP contribution in [0, 0.1) is 18.3 Å². The Kier molecular flexibility index (Phi) is 4.36. The maximum Gasteiger partial charge on any atom is 0.227 e. The molecule has 1 aromatic carbocycles. The van der Waals surface area contributed by atoms with Crippen molar-refractivity contribution < 1.29 is 5.11 Å². The van der Waals surface area contributed by atoms with E-state index in [2.05, 4.69) is 32.5 Å². The number of nitriles is 1. The van der Waals surface area contributed by atoms with Crippen LogP contribution in [0.5, 0.6) is 0 Å². The number of rotatable bonds is 4. The first-order valence-corrected chi connectivity index (χ1v) is 9.22. The third-order valence-corrected chi connectivity index (χ3v) is 5.51. The third-order valence-electron chi connectivity index (χ3n) is 5.51. The van der Waals surface area contributed by atoms with Crippen molar-refractivity contribution in [3.63, 3.8) is 0 Å². The Balaban J connectivity index is 1.75. The molecular formula is C21H22N6O. The van der Waals surface area contributed by atoms with Gasteiger partial charge < -0.3 is 10.4 Å². The van der Waals surface area contributed by atoms with Gasteiger partial charge in [0, 0.05) is 30.4 Å². The first kappa shape index (κ1) is 18.1. The average molecular weight is 374 g/mol. The lowest BCUT2D eigenvalue weighted by molar-refractivity contribution is 0.206. The largest absolute Gasteiger partial charge is 0.395 e. The molecule has 0 saturated carbocycles. The van der Waals surface area contributed by atoms with Crippen molar-refractivity contribution in [2.75, 3.05) is 11.9 Å². The van der Waals surface area contributed by atoms with E-state index in [0.29, 0.717) is 11.5 Å². The van der Waals surface area contributed by atoms with Crippen molar-refractivity contribution in [3.05, 3.63) is 53.0 Å². The van der Waals surface area contributed by atoms with Crippen molar-refractivity contribution in [1.82, 2.24) is 19.7 Å². The fraction of sp³-hybridized carbons (Fsp3) is 0.333. The topological polar surface area (TPSA) is 99.7 Å². The van der Waals surface area contributed by atoms with E-state index in [9.17, 15) is 10.4 Å². The van der Waals surface area contributed by atoms with Crippen LogP contribution in [0.15, 0.2) is 30.6 Å². The Labute approximate surface area is 163 Å². The fourth-order valence-corrected chi connectivity index (χ4v) is 3.85. The van der Waals surface area contributed by atoms with E-state index < -0.39 is 0 Å². The maximum atomic E-state index is 9.91. The molecule has 0 radical (unpaired) electrons. The molecule has 1 atom stereocenters. The summed E-state index contributed by atoms with van der Waals surface area (Å²) in [5, 5.41) is 27.1. The van der Waals surface area contributed by atoms with E-state index in [1.165, 1.54) is 0 Å². The highest BCUT2D eigenvalue weighted by molar-refractivity contribution is 5.68. The summed E-state index contributed by atoms with van der Waals surface area (Å²) in [6, 6.07) is 8.08. The maximum absolute atomic E-state index is 9.91. The van der Waals surface area contributed by atoms with Crippen molar-refractivity contribution in [2.45, 2.75) is 32.1 Å². The van der Waals surface area contributed by atoms with Gasteiger partial charge in [0.25, 0.3) is 0 Å². The first-order chi connectivity index (χ1) is 13.4. The van der Waals surface area contributed by atoms with Gasteiger partial charge >= 0.3 is 0 Å². The smallest absolute Gasteiger partial charge is 0.227 e. The number of benzene rings is 1. The molecule has 4 rings (SSSR count). The van der Waals surface area contributed by atoms with Crippen LogP contribution in [0.3, 0.4) is 0 Å². The summed E-state index contributed by atoms with van der Waals surface area (Å²) >= 11 is 0. The lowest BCUT2D eigenvalue weighted by atomic mass is 9.83. The van der Waals surface area contributed by atoms with E-state index in [4.69, 9.17) is 0 Å². The molecule has 1 unspecified atom stereocenters. The highest BCUT2D eigenvalue weighted by Gasteiger charge is 2.35. The fourth-order valence-electron chi connectivity index (χ4n) is 3.85. The van der Waals surface area contributed by atoms with E-state index >= 15 is 0 Å². The molecule has 1 aliphatic rings. The minimum absolute atomic E-state index is 0.0607. The van der Waals surface area contributed by atoms with Gasteiger partial charge in [-0.3, -0.25) is 4.68 Å². The molecule has 3 aromatic rings. The third kappa shape index (κ3) is 3.02. The second kappa shape index (κ2) is 6.73. The van der Waals surface area contributed by atoms with E-state index in [1.807, 2.05) is 39.2 Å². The number of aryl methyl sites for hydroxylation is 2. The molecule has 0 saturated heterocycles. The van der Waals surface area contributed by atoms with Gasteiger partial charge in [-0.1, -0.05) is 6.92 Å². The van der Waals surface area contributed by atoms with Gasteiger partial charge in [-0.15, -0.1) is 0 Å². The molecule has 0 fully saturated rings. The Morgan fingerprint density at radius 2 is 2.21 bits per heavy atom. The van der Waals surface area contributed by atoms with Crippen LogP contribution in [0.1, 0.15) is 35.7 Å². The molecule has 0 amide bonds. The Morgan fingerprint density at radius 1 is 1.39 bits per heavy atom. The van der Waals surface area contributed by atoms with Crippen LogP contribution in [0.2, 0.25) is 0 Å². The molecule has 7 heteroatoms. The lowest BCUT2D eigenvalue weighted by Crippen LogP contribution is -2.23. The summed E-state index contributed by atoms with van der Waals surface area (Å²) in [6.07, 6.45) is 5.22. The van der Waals surface area contributed by atoms with Gasteiger partial charge in [0.2, 0.25) is 5.95 Å². The van der Waals surface area contributed by atoms with Crippen molar-refractivity contribution in [1.29, 1.82) is 5.26 Å². The van der Waals surface area contributed by atoms with Gasteiger partial charge in [0.1, 0.15) is 0 Å². The highest BCUT2D eigenvalue weighted by Crippen LogP contribution is 2.42. The molecule has 2 heterocycles. The highest BCUT2D eigenvalue weighted by atomic mass is 16.3. The van der Waals surface area contributed by atoms with E-state index in [0.717, 1.165) is 46.6 Å². The quantitative estimate of drug-likeness (QED) is 0.728. The number of nitrogens with one attached hydrogen (secondary N) is 1. The normalized spacial score (nSPS) is 18.0. The van der Waals surface area contributed by atoms with Crippen LogP contribution < -0.4 is 5.32 Å². The molecule has 7 nitrogen and oxygen atoms in total. The number of aromatic nitrogens is 4. The summed E-state index contributed by atoms with van der Waals surface area (Å²) in [5.41, 5.74) is 5.70. The summed E-state index contributed by atoms with van der Waals surface area (Å²) in [6.45, 7) is 4.02. The molecule has 0 bridgehead atoms. The Hall–Kier alpha value is -3.24. The first-order valence-electron chi connectivity index (χ1n) is 9.22. The zero-order valence-electron chi connectivity index (χ0n) is 16.2. The number of anilines is 2. The molecule has 1 aliphatic carbocycles. The second-order valence-electron chi connectivity index (χ2n) is 7.57. The summed E-state index contributed by atoms with van der Waals surface area (Å²) in [5.74, 6) is 0.470. The molecule has 28 heavy (non-hydrogen) atoms. The zero-order valence-corrected chi connectivity index (χ0v) is 16.2. The number of aliphatic hydroxyl groups is 1. The number of hydrogen-bond donors (Lipinski definition) is 2. The second-order valence-corrected chi connectivity index (χ2v) is 7.57. The predicted octanol–water partition coefficient (Wildman–Crippen LogP) is 3.00. The van der Waals surface area contributed by atoms with Gasteiger partial charge in [0.05, 0.1) is 35.3 Å². The molecule has 2 N–H and O–H groups in total. The summed E-state index contributed by atoms with van der Waals surface area (Å²) < 4.78 is 1.73. The minimum atomic E-state index is -0.322. The van der Waals surface area contributed by atoms with Gasteiger partial charge in [-0.25, -0.2) is 9.97 Å².